The zero-order chi connectivity index (χ0) is 18.0. The van der Waals surface area contributed by atoms with Crippen molar-refractivity contribution in [2.45, 2.75) is 37.7 Å². The van der Waals surface area contributed by atoms with E-state index in [1.54, 1.807) is 6.92 Å². The number of hydrogen-bond donors (Lipinski definition) is 2. The minimum atomic E-state index is -3.79. The molecule has 1 aromatic heterocycles. The van der Waals surface area contributed by atoms with Gasteiger partial charge >= 0.3 is 0 Å². The fourth-order valence-electron chi connectivity index (χ4n) is 2.15. The Hall–Kier alpha value is -2.08. The second-order valence-corrected chi connectivity index (χ2v) is 8.03. The normalized spacial score (nSPS) is 19.9. The Morgan fingerprint density at radius 1 is 1.24 bits per heavy atom. The molecule has 1 fully saturated rings. The van der Waals surface area contributed by atoms with Crippen LogP contribution in [0.25, 0.3) is 0 Å². The van der Waals surface area contributed by atoms with Crippen molar-refractivity contribution in [3.8, 4) is 0 Å². The predicted octanol–water partition coefficient (Wildman–Crippen LogP) is 1.56. The molecule has 0 spiro atoms. The summed E-state index contributed by atoms with van der Waals surface area (Å²) in [6.07, 6.45) is -0.181. The number of sulfonamides is 1. The molecule has 11 heteroatoms. The molecular formula is C14H16N4O5S2. The molecule has 1 aromatic carbocycles. The highest BCUT2D eigenvalue weighted by molar-refractivity contribution is 7.93. The van der Waals surface area contributed by atoms with Gasteiger partial charge in [-0.3, -0.25) is 9.52 Å². The zero-order valence-corrected chi connectivity index (χ0v) is 15.1. The summed E-state index contributed by atoms with van der Waals surface area (Å²) >= 11 is 1.12. The summed E-state index contributed by atoms with van der Waals surface area (Å²) in [6, 6.07) is 5.81. The smallest absolute Gasteiger partial charge is 0.263 e. The van der Waals surface area contributed by atoms with Crippen molar-refractivity contribution in [2.24, 2.45) is 0 Å². The number of carbonyl (C=O) groups is 1. The zero-order valence-electron chi connectivity index (χ0n) is 13.4. The van der Waals surface area contributed by atoms with Crippen molar-refractivity contribution < 1.29 is 22.7 Å². The lowest BCUT2D eigenvalue weighted by molar-refractivity contribution is -0.374. The van der Waals surface area contributed by atoms with Gasteiger partial charge in [-0.05, 0) is 31.2 Å². The van der Waals surface area contributed by atoms with E-state index < -0.39 is 10.0 Å². The summed E-state index contributed by atoms with van der Waals surface area (Å²) < 4.78 is 37.7. The summed E-state index contributed by atoms with van der Waals surface area (Å²) in [5, 5.41) is 11.1. The van der Waals surface area contributed by atoms with Gasteiger partial charge in [-0.15, -0.1) is 10.2 Å². The van der Waals surface area contributed by atoms with E-state index in [2.05, 4.69) is 20.2 Å². The average Bonchev–Trinajstić information content (AvgIpc) is 2.92. The third-order valence-corrected chi connectivity index (χ3v) is 5.55. The van der Waals surface area contributed by atoms with Crippen LogP contribution in [0.2, 0.25) is 0 Å². The van der Waals surface area contributed by atoms with Crippen LogP contribution in [0.5, 0.6) is 0 Å². The van der Waals surface area contributed by atoms with Gasteiger partial charge in [0.2, 0.25) is 11.0 Å². The van der Waals surface area contributed by atoms with E-state index in [0.29, 0.717) is 17.1 Å². The molecule has 0 radical (unpaired) electrons. The van der Waals surface area contributed by atoms with E-state index in [-0.39, 0.29) is 28.5 Å². The maximum absolute atomic E-state index is 12.4. The largest absolute Gasteiger partial charge is 0.326 e. The number of rotatable bonds is 6. The number of ether oxygens (including phenoxy) is 2. The van der Waals surface area contributed by atoms with Gasteiger partial charge in [-0.1, -0.05) is 11.3 Å². The van der Waals surface area contributed by atoms with Gasteiger partial charge in [0, 0.05) is 12.6 Å². The molecular weight excluding hydrogens is 368 g/mol. The minimum absolute atomic E-state index is 0.0536. The van der Waals surface area contributed by atoms with Crippen LogP contribution in [0.3, 0.4) is 0 Å². The summed E-state index contributed by atoms with van der Waals surface area (Å²) in [6.45, 7) is 3.16. The quantitative estimate of drug-likeness (QED) is 0.775. The van der Waals surface area contributed by atoms with Crippen molar-refractivity contribution in [1.29, 1.82) is 0 Å². The summed E-state index contributed by atoms with van der Waals surface area (Å²) in [7, 11) is -3.79. The van der Waals surface area contributed by atoms with Crippen LogP contribution in [-0.4, -0.2) is 37.1 Å². The van der Waals surface area contributed by atoms with Crippen LogP contribution in [0, 0.1) is 0 Å². The molecule has 134 valence electrons. The highest BCUT2D eigenvalue weighted by Crippen LogP contribution is 2.25. The van der Waals surface area contributed by atoms with Crippen LogP contribution >= 0.6 is 11.3 Å². The molecule has 9 nitrogen and oxygen atoms in total. The first-order chi connectivity index (χ1) is 11.8. The lowest BCUT2D eigenvalue weighted by Crippen LogP contribution is -2.40. The number of hydrogen-bond acceptors (Lipinski definition) is 8. The lowest BCUT2D eigenvalue weighted by Gasteiger charge is -2.32. The highest BCUT2D eigenvalue weighted by Gasteiger charge is 2.28. The summed E-state index contributed by atoms with van der Waals surface area (Å²) in [5.74, 6) is -0.232. The topological polar surface area (TPSA) is 120 Å². The summed E-state index contributed by atoms with van der Waals surface area (Å²) in [5.41, 5.74) is 0.513. The van der Waals surface area contributed by atoms with Gasteiger partial charge in [0.05, 0.1) is 11.3 Å². The Kier molecular flexibility index (Phi) is 4.99. The third-order valence-electron chi connectivity index (χ3n) is 3.20. The van der Waals surface area contributed by atoms with Crippen molar-refractivity contribution in [2.75, 3.05) is 10.0 Å². The molecule has 3 rings (SSSR count). The number of nitrogens with zero attached hydrogens (tertiary/aromatic N) is 2. The van der Waals surface area contributed by atoms with E-state index in [0.717, 1.165) is 11.3 Å². The number of aromatic nitrogens is 2. The Labute approximate surface area is 148 Å². The minimum Gasteiger partial charge on any atom is -0.326 e. The predicted molar refractivity (Wildman–Crippen MR) is 90.6 cm³/mol. The van der Waals surface area contributed by atoms with E-state index in [4.69, 9.17) is 9.47 Å². The van der Waals surface area contributed by atoms with Crippen LogP contribution in [0.4, 0.5) is 10.8 Å². The molecule has 0 atom stereocenters. The molecule has 0 saturated carbocycles. The van der Waals surface area contributed by atoms with Crippen LogP contribution in [-0.2, 0) is 30.7 Å². The number of nitrogens with one attached hydrogen (secondary N) is 2. The van der Waals surface area contributed by atoms with Crippen molar-refractivity contribution in [3.05, 3.63) is 29.3 Å². The number of benzene rings is 1. The molecule has 2 aromatic rings. The summed E-state index contributed by atoms with van der Waals surface area (Å²) in [4.78, 5) is 11.0. The molecule has 1 saturated heterocycles. The van der Waals surface area contributed by atoms with E-state index in [1.165, 1.54) is 31.2 Å². The van der Waals surface area contributed by atoms with E-state index >= 15 is 0 Å². The monoisotopic (exact) mass is 384 g/mol. The third kappa shape index (κ3) is 4.51. The Morgan fingerprint density at radius 3 is 2.52 bits per heavy atom. The van der Waals surface area contributed by atoms with Crippen LogP contribution < -0.4 is 10.0 Å². The average molecular weight is 384 g/mol. The lowest BCUT2D eigenvalue weighted by atomic mass is 10.3. The first-order valence-corrected chi connectivity index (χ1v) is 9.65. The number of anilines is 2. The van der Waals surface area contributed by atoms with Crippen molar-refractivity contribution in [3.63, 3.8) is 0 Å². The molecule has 25 heavy (non-hydrogen) atoms. The van der Waals surface area contributed by atoms with Crippen molar-refractivity contribution >= 4 is 38.1 Å². The number of carbonyl (C=O) groups excluding carboxylic acids is 1. The molecule has 0 unspecified atom stereocenters. The number of amides is 1. The molecule has 1 amide bonds. The standard InChI is InChI=1S/C14H16N4O5S2/c1-8(19)15-10-3-5-11(6-4-10)25(20,21)18-14-17-16-12(24-14)7-13-22-9(2)23-13/h3-6,9,13H,7H2,1-2H3,(H,15,19)(H,17,18). The van der Waals surface area contributed by atoms with Crippen LogP contribution in [0.15, 0.2) is 29.2 Å². The van der Waals surface area contributed by atoms with Gasteiger partial charge in [0.25, 0.3) is 10.0 Å². The van der Waals surface area contributed by atoms with Gasteiger partial charge < -0.3 is 14.8 Å². The van der Waals surface area contributed by atoms with E-state index in [1.807, 2.05) is 0 Å². The van der Waals surface area contributed by atoms with Crippen LogP contribution in [0.1, 0.15) is 18.9 Å². The second-order valence-electron chi connectivity index (χ2n) is 5.29. The maximum atomic E-state index is 12.4. The Bertz CT molecular complexity index is 860. The molecule has 0 bridgehead atoms. The Morgan fingerprint density at radius 2 is 1.92 bits per heavy atom. The maximum Gasteiger partial charge on any atom is 0.263 e. The first-order valence-electron chi connectivity index (χ1n) is 7.35. The fourth-order valence-corrected chi connectivity index (χ4v) is 4.13. The molecule has 1 aliphatic heterocycles. The highest BCUT2D eigenvalue weighted by atomic mass is 32.2. The van der Waals surface area contributed by atoms with E-state index in [9.17, 15) is 13.2 Å². The fraction of sp³-hybridized carbons (Fsp3) is 0.357. The first kappa shape index (κ1) is 17.7. The molecule has 2 N–H and O–H groups in total. The van der Waals surface area contributed by atoms with Crippen molar-refractivity contribution in [1.82, 2.24) is 10.2 Å². The molecule has 0 aliphatic carbocycles. The van der Waals surface area contributed by atoms with Gasteiger partial charge in [0.1, 0.15) is 5.01 Å². The SMILES string of the molecule is CC(=O)Nc1ccc(S(=O)(=O)Nc2nnc(CC3OC(C)O3)s2)cc1. The molecule has 1 aliphatic rings. The van der Waals surface area contributed by atoms with Gasteiger partial charge in [0.15, 0.2) is 12.6 Å². The van der Waals surface area contributed by atoms with Gasteiger partial charge in [-0.2, -0.15) is 0 Å². The second kappa shape index (κ2) is 7.04. The van der Waals surface area contributed by atoms with Gasteiger partial charge in [-0.25, -0.2) is 8.42 Å². The molecule has 2 heterocycles. The Balaban J connectivity index is 1.64.